The van der Waals surface area contributed by atoms with E-state index in [-0.39, 0.29) is 20.1 Å². The summed E-state index contributed by atoms with van der Waals surface area (Å²) in [6.45, 7) is 4.76. The summed E-state index contributed by atoms with van der Waals surface area (Å²) in [6, 6.07) is 46.8. The third kappa shape index (κ3) is 6.32. The molecular formula is C45H34IrN4OSSi-2. The van der Waals surface area contributed by atoms with Gasteiger partial charge in [-0.1, -0.05) is 92.0 Å². The molecule has 0 aliphatic carbocycles. The van der Waals surface area contributed by atoms with Crippen molar-refractivity contribution in [2.75, 3.05) is 0 Å². The molecule has 0 spiro atoms. The first-order valence-electron chi connectivity index (χ1n) is 18.6. The van der Waals surface area contributed by atoms with E-state index in [9.17, 15) is 0 Å². The summed E-state index contributed by atoms with van der Waals surface area (Å²) < 4.78 is 33.1. The Kier molecular flexibility index (Phi) is 8.24. The van der Waals surface area contributed by atoms with E-state index >= 15 is 0 Å². The second-order valence-corrected chi connectivity index (χ2v) is 19.9. The third-order valence-electron chi connectivity index (χ3n) is 9.34. The van der Waals surface area contributed by atoms with Crippen molar-refractivity contribution >= 4 is 77.9 Å². The zero-order valence-corrected chi connectivity index (χ0v) is 33.4. The molecule has 10 aromatic rings. The van der Waals surface area contributed by atoms with E-state index in [1.807, 2.05) is 53.9 Å². The number of aryl methyl sites for hydroxylation is 1. The summed E-state index contributed by atoms with van der Waals surface area (Å²) in [4.78, 5) is 14.0. The quantitative estimate of drug-likeness (QED) is 0.130. The predicted octanol–water partition coefficient (Wildman–Crippen LogP) is 11.6. The zero-order valence-electron chi connectivity index (χ0n) is 32.1. The Morgan fingerprint density at radius 2 is 1.60 bits per heavy atom. The van der Waals surface area contributed by atoms with Gasteiger partial charge in [-0.3, -0.25) is 4.98 Å². The Hall–Kier alpha value is -5.24. The standard InChI is InChI=1S/C30H16N3OS.C15H18NSi.Ir/c1-4-16-26-18(8-1)20-10-6-15-25(28(20)35-26)33-24-14-3-2-13-23(24)32-29(33)22-11-5-9-19-21-12-7-17-31-30(21)34-27(19)22;1-12-5-7-13(8-6-12)15-10-9-14(11-16-15)17(2,3)4;/h1-10,12-17H;5-7,9-11H,1-4H3;/q2*-1;/i;1D3;. The predicted molar refractivity (Wildman–Crippen MR) is 220 cm³/mol. The number of furan rings is 1. The maximum absolute atomic E-state index is 7.35. The second kappa shape index (κ2) is 14.0. The van der Waals surface area contributed by atoms with Gasteiger partial charge in [0.2, 0.25) is 5.71 Å². The van der Waals surface area contributed by atoms with Crippen LogP contribution in [0.25, 0.3) is 81.6 Å². The number of thiophene rings is 1. The van der Waals surface area contributed by atoms with Crippen LogP contribution in [-0.2, 0) is 20.1 Å². The van der Waals surface area contributed by atoms with Crippen molar-refractivity contribution in [1.82, 2.24) is 19.5 Å². The molecule has 53 heavy (non-hydrogen) atoms. The summed E-state index contributed by atoms with van der Waals surface area (Å²) in [5.74, 6) is 0.806. The number of rotatable bonds is 4. The number of para-hydroxylation sites is 2. The monoisotopic (exact) mass is 902 g/mol. The Labute approximate surface area is 330 Å². The van der Waals surface area contributed by atoms with Crippen LogP contribution in [0.15, 0.2) is 138 Å². The fraction of sp³-hybridized carbons (Fsp3) is 0.0889. The van der Waals surface area contributed by atoms with E-state index < -0.39 is 14.9 Å². The Morgan fingerprint density at radius 1 is 0.774 bits per heavy atom. The second-order valence-electron chi connectivity index (χ2n) is 13.7. The normalized spacial score (nSPS) is 12.7. The average Bonchev–Trinajstić information content (AvgIpc) is 3.89. The van der Waals surface area contributed by atoms with Crippen molar-refractivity contribution in [3.05, 3.63) is 151 Å². The zero-order chi connectivity index (χ0) is 37.9. The van der Waals surface area contributed by atoms with Crippen molar-refractivity contribution in [3.8, 4) is 28.3 Å². The maximum atomic E-state index is 7.35. The van der Waals surface area contributed by atoms with Crippen molar-refractivity contribution in [3.63, 3.8) is 0 Å². The number of fused-ring (bicyclic) bond motifs is 7. The Bertz CT molecular complexity index is 2960. The van der Waals surface area contributed by atoms with Crippen molar-refractivity contribution in [2.45, 2.75) is 26.5 Å². The molecule has 0 saturated heterocycles. The summed E-state index contributed by atoms with van der Waals surface area (Å²) in [6.07, 6.45) is 3.68. The fourth-order valence-electron chi connectivity index (χ4n) is 6.67. The van der Waals surface area contributed by atoms with E-state index in [1.165, 1.54) is 31.4 Å². The summed E-state index contributed by atoms with van der Waals surface area (Å²) in [7, 11) is -1.34. The average molecular weight is 902 g/mol. The van der Waals surface area contributed by atoms with Crippen molar-refractivity contribution in [2.24, 2.45) is 0 Å². The topological polar surface area (TPSA) is 56.7 Å². The van der Waals surface area contributed by atoms with Crippen molar-refractivity contribution in [1.29, 1.82) is 0 Å². The molecule has 261 valence electrons. The van der Waals surface area contributed by atoms with E-state index in [0.29, 0.717) is 11.3 Å². The summed E-state index contributed by atoms with van der Waals surface area (Å²) >= 11 is 1.81. The van der Waals surface area contributed by atoms with Crippen LogP contribution in [0, 0.1) is 19.0 Å². The fourth-order valence-corrected chi connectivity index (χ4v) is 8.91. The van der Waals surface area contributed by atoms with Crippen LogP contribution in [-0.4, -0.2) is 27.6 Å². The number of hydrogen-bond acceptors (Lipinski definition) is 5. The molecule has 0 atom stereocenters. The molecule has 0 fully saturated rings. The van der Waals surface area contributed by atoms with Crippen LogP contribution in [0.2, 0.25) is 19.6 Å². The van der Waals surface area contributed by atoms with Gasteiger partial charge in [-0.15, -0.1) is 64.9 Å². The van der Waals surface area contributed by atoms with Gasteiger partial charge in [0.05, 0.1) is 40.9 Å². The van der Waals surface area contributed by atoms with Crippen LogP contribution >= 0.6 is 11.3 Å². The molecule has 8 heteroatoms. The smallest absolute Gasteiger partial charge is 0.216 e. The molecule has 0 aliphatic heterocycles. The molecule has 5 aromatic heterocycles. The first-order valence-corrected chi connectivity index (χ1v) is 21.4. The molecule has 1 radical (unpaired) electrons. The van der Waals surface area contributed by atoms with Crippen LogP contribution < -0.4 is 5.19 Å². The van der Waals surface area contributed by atoms with Crippen LogP contribution in [0.3, 0.4) is 0 Å². The summed E-state index contributed by atoms with van der Waals surface area (Å²) in [5, 5.41) is 5.84. The minimum Gasteiger partial charge on any atom is -0.486 e. The maximum Gasteiger partial charge on any atom is 0.216 e. The first-order chi connectivity index (χ1) is 26.5. The Morgan fingerprint density at radius 3 is 2.42 bits per heavy atom. The van der Waals surface area contributed by atoms with Gasteiger partial charge in [0.15, 0.2) is 0 Å². The van der Waals surface area contributed by atoms with Gasteiger partial charge >= 0.3 is 0 Å². The molecule has 10 rings (SSSR count). The largest absolute Gasteiger partial charge is 0.486 e. The molecule has 5 heterocycles. The molecule has 0 N–H and O–H groups in total. The molecule has 5 aromatic carbocycles. The van der Waals surface area contributed by atoms with Gasteiger partial charge in [-0.2, -0.15) is 0 Å². The van der Waals surface area contributed by atoms with Crippen LogP contribution in [0.4, 0.5) is 0 Å². The SMILES string of the molecule is [2H]C([2H])([2H])c1c[c-]c(-c2ccc([Si](C)(C)C)cn2)cc1.[Ir].[c-]1ccc2c(oc3ncccc32)c1-c1nc2ccccc2n1-c1cccc2c1sc1ccccc12. The number of pyridine rings is 2. The van der Waals surface area contributed by atoms with Crippen LogP contribution in [0.1, 0.15) is 9.68 Å². The van der Waals surface area contributed by atoms with Gasteiger partial charge in [0.25, 0.3) is 0 Å². The molecule has 0 bridgehead atoms. The van der Waals surface area contributed by atoms with Gasteiger partial charge in [-0.25, -0.2) is 4.98 Å². The van der Waals surface area contributed by atoms with E-state index in [4.69, 9.17) is 13.5 Å². The number of aromatic nitrogens is 4. The summed E-state index contributed by atoms with van der Waals surface area (Å²) in [5.41, 5.74) is 7.23. The number of benzene rings is 5. The minimum absolute atomic E-state index is 0. The van der Waals surface area contributed by atoms with Gasteiger partial charge < -0.3 is 14.0 Å². The van der Waals surface area contributed by atoms with Gasteiger partial charge in [0.1, 0.15) is 0 Å². The molecular weight excluding hydrogens is 865 g/mol. The minimum atomic E-state index is -2.08. The van der Waals surface area contributed by atoms with E-state index in [2.05, 4.69) is 113 Å². The first kappa shape index (κ1) is 31.3. The number of nitrogens with zero attached hydrogens (tertiary/aromatic N) is 4. The van der Waals surface area contributed by atoms with E-state index in [1.54, 1.807) is 18.3 Å². The molecule has 0 amide bonds. The van der Waals surface area contributed by atoms with E-state index in [0.717, 1.165) is 55.7 Å². The van der Waals surface area contributed by atoms with Crippen molar-refractivity contribution < 1.29 is 28.6 Å². The molecule has 0 aliphatic rings. The Balaban J connectivity index is 0.000000181. The number of hydrogen-bond donors (Lipinski definition) is 0. The molecule has 0 unspecified atom stereocenters. The van der Waals surface area contributed by atoms with Gasteiger partial charge in [0, 0.05) is 57.5 Å². The molecule has 0 saturated carbocycles. The van der Waals surface area contributed by atoms with Crippen LogP contribution in [0.5, 0.6) is 0 Å². The molecule has 5 nitrogen and oxygen atoms in total. The number of imidazole rings is 1. The third-order valence-corrected chi connectivity index (χ3v) is 12.6. The van der Waals surface area contributed by atoms with Gasteiger partial charge in [-0.05, 0) is 47.3 Å².